The van der Waals surface area contributed by atoms with E-state index in [1.165, 1.54) is 0 Å². The zero-order valence-corrected chi connectivity index (χ0v) is 23.3. The van der Waals surface area contributed by atoms with Gasteiger partial charge >= 0.3 is 5.97 Å². The molecule has 0 saturated carbocycles. The Morgan fingerprint density at radius 2 is 1.62 bits per heavy atom. The van der Waals surface area contributed by atoms with E-state index in [9.17, 15) is 9.59 Å². The Morgan fingerprint density at radius 3 is 2.12 bits per heavy atom. The number of nitrogens with one attached hydrogen (secondary N) is 2. The van der Waals surface area contributed by atoms with E-state index in [-0.39, 0.29) is 66.8 Å². The van der Waals surface area contributed by atoms with E-state index in [0.29, 0.717) is 28.9 Å². The molecule has 0 fully saturated rings. The average Bonchev–Trinajstić information content (AvgIpc) is 2.68. The van der Waals surface area contributed by atoms with Gasteiger partial charge in [0.2, 0.25) is 5.91 Å². The van der Waals surface area contributed by atoms with Crippen LogP contribution in [0.25, 0.3) is 6.08 Å². The van der Waals surface area contributed by atoms with E-state index in [4.69, 9.17) is 15.9 Å². The van der Waals surface area contributed by atoms with E-state index in [0.717, 1.165) is 5.56 Å². The molecule has 1 amide bonds. The maximum atomic E-state index is 12.4. The van der Waals surface area contributed by atoms with Crippen LogP contribution in [0.15, 0.2) is 66.8 Å². The van der Waals surface area contributed by atoms with Crippen molar-refractivity contribution in [2.24, 2.45) is 5.73 Å². The first-order valence-corrected chi connectivity index (χ1v) is 9.50. The van der Waals surface area contributed by atoms with Crippen LogP contribution in [0.5, 0.6) is 5.75 Å². The Bertz CT molecular complexity index is 981. The Hall–Kier alpha value is -2.27. The van der Waals surface area contributed by atoms with Crippen molar-refractivity contribution < 1.29 is 63.9 Å². The Kier molecular flexibility index (Phi) is 12.4. The number of nitrogens with two attached hydrogens (primary N) is 1. The minimum absolute atomic E-state index is 0. The number of amides is 1. The van der Waals surface area contributed by atoms with Crippen molar-refractivity contribution in [3.8, 4) is 5.75 Å². The van der Waals surface area contributed by atoms with Crippen molar-refractivity contribution in [1.82, 2.24) is 5.32 Å². The number of amidine groups is 1. The molecule has 167 valence electrons. The molecule has 0 aliphatic carbocycles. The molecule has 0 heterocycles. The molecule has 0 bridgehead atoms. The molecule has 0 saturated heterocycles. The molecule has 0 atom stereocenters. The smallest absolute Gasteiger partial charge is 0.343 e. The van der Waals surface area contributed by atoms with E-state index >= 15 is 0 Å². The van der Waals surface area contributed by atoms with Gasteiger partial charge in [0.1, 0.15) is 11.6 Å². The van der Waals surface area contributed by atoms with E-state index in [1.54, 1.807) is 67.6 Å². The predicted octanol–water partition coefficient (Wildman–Crippen LogP) is 3.24. The summed E-state index contributed by atoms with van der Waals surface area (Å²) in [5.41, 5.74) is 7.34. The predicted molar refractivity (Wildman–Crippen MR) is 123 cm³/mol. The fraction of sp³-hybridized carbons (Fsp3) is 0.208. The Labute approximate surface area is 224 Å². The second-order valence-electron chi connectivity index (χ2n) is 7.61. The molecule has 0 spiro atoms. The molecule has 1 radical (unpaired) electrons. The van der Waals surface area contributed by atoms with E-state index in [1.807, 2.05) is 13.8 Å². The van der Waals surface area contributed by atoms with Gasteiger partial charge in [-0.05, 0) is 75.2 Å². The van der Waals surface area contributed by atoms with Gasteiger partial charge in [-0.15, -0.1) is 6.58 Å². The molecule has 2 aromatic carbocycles. The molecular weight excluding hydrogens is 621 g/mol. The number of ether oxygens (including phenoxy) is 1. The molecule has 6 N–H and O–H groups in total. The molecule has 8 heteroatoms. The zero-order valence-electron chi connectivity index (χ0n) is 18.6. The van der Waals surface area contributed by atoms with Gasteiger partial charge in [-0.2, -0.15) is 0 Å². The Balaban J connectivity index is 0.00000480. The molecule has 0 aromatic heterocycles. The van der Waals surface area contributed by atoms with Crippen LogP contribution in [0.4, 0.5) is 0 Å². The summed E-state index contributed by atoms with van der Waals surface area (Å²) in [4.78, 5) is 24.7. The third-order valence-corrected chi connectivity index (χ3v) is 4.37. The van der Waals surface area contributed by atoms with Crippen molar-refractivity contribution in [2.45, 2.75) is 32.7 Å². The van der Waals surface area contributed by atoms with Crippen LogP contribution in [-0.2, 0) is 4.79 Å². The largest absolute Gasteiger partial charge is 0.423 e. The van der Waals surface area contributed by atoms with Gasteiger partial charge in [0, 0.05) is 60.7 Å². The van der Waals surface area contributed by atoms with Crippen LogP contribution < -0.4 is 15.8 Å². The van der Waals surface area contributed by atoms with Crippen LogP contribution in [0.3, 0.4) is 0 Å². The van der Waals surface area contributed by atoms with Crippen molar-refractivity contribution in [3.05, 3.63) is 83.4 Å². The quantitative estimate of drug-likeness (QED) is 0.101. The van der Waals surface area contributed by atoms with Gasteiger partial charge in [0.05, 0.1) is 5.56 Å². The summed E-state index contributed by atoms with van der Waals surface area (Å²) in [5.74, 6) is -0.338. The van der Waals surface area contributed by atoms with Crippen molar-refractivity contribution in [3.63, 3.8) is 0 Å². The molecule has 0 aliphatic rings. The second kappa shape index (κ2) is 13.3. The van der Waals surface area contributed by atoms with Crippen LogP contribution in [0.1, 0.15) is 48.7 Å². The summed E-state index contributed by atoms with van der Waals surface area (Å²) in [7, 11) is 0. The minimum Gasteiger partial charge on any atom is -0.423 e. The summed E-state index contributed by atoms with van der Waals surface area (Å²) >= 11 is 0. The van der Waals surface area contributed by atoms with Gasteiger partial charge in [-0.1, -0.05) is 18.2 Å². The Morgan fingerprint density at radius 1 is 1.09 bits per heavy atom. The number of hydrogen-bond acceptors (Lipinski definition) is 4. The fourth-order valence-corrected chi connectivity index (χ4v) is 2.72. The van der Waals surface area contributed by atoms with Gasteiger partial charge in [-0.3, -0.25) is 10.2 Å². The standard InChI is InChI=1S/C24H27N3O3.Ac.H2O/c1-5-14-24(3,4)27-22(28)16(2)15-17-6-8-19(9-7-17)23(29)30-20-12-10-18(11-13-20)21(25)26;;/h5-13,15H,1,14H2,2-4H3,(H3,25,26)(H,27,28);;1H2/b16-15+;;. The normalized spacial score (nSPS) is 10.8. The maximum absolute atomic E-state index is 12.4. The molecule has 0 aliphatic heterocycles. The molecule has 7 nitrogen and oxygen atoms in total. The van der Waals surface area contributed by atoms with Gasteiger partial charge in [0.25, 0.3) is 0 Å². The van der Waals surface area contributed by atoms with Crippen LogP contribution in [-0.4, -0.2) is 28.7 Å². The number of esters is 1. The van der Waals surface area contributed by atoms with Crippen LogP contribution in [0, 0.1) is 49.5 Å². The number of nitrogen functional groups attached to an aromatic ring is 1. The maximum Gasteiger partial charge on any atom is 0.343 e. The molecule has 2 aromatic rings. The summed E-state index contributed by atoms with van der Waals surface area (Å²) < 4.78 is 5.33. The summed E-state index contributed by atoms with van der Waals surface area (Å²) in [6.45, 7) is 9.33. The molecule has 0 unspecified atom stereocenters. The van der Waals surface area contributed by atoms with Gasteiger partial charge in [-0.25, -0.2) is 4.79 Å². The van der Waals surface area contributed by atoms with Crippen molar-refractivity contribution in [1.29, 1.82) is 5.41 Å². The topological polar surface area (TPSA) is 137 Å². The monoisotopic (exact) mass is 650 g/mol. The number of hydrogen-bond donors (Lipinski definition) is 3. The van der Waals surface area contributed by atoms with Crippen molar-refractivity contribution in [2.75, 3.05) is 0 Å². The molecule has 2 rings (SSSR count). The van der Waals surface area contributed by atoms with Gasteiger partial charge < -0.3 is 21.3 Å². The second-order valence-corrected chi connectivity index (χ2v) is 7.61. The van der Waals surface area contributed by atoms with Crippen LogP contribution in [0.2, 0.25) is 0 Å². The number of benzene rings is 2. The fourth-order valence-electron chi connectivity index (χ4n) is 2.72. The SMILES string of the molecule is C=CCC(C)(C)NC(=O)/C(C)=C/c1ccc(C(=O)Oc2ccc(C(=N)N)cc2)cc1.O.[Ac]. The summed E-state index contributed by atoms with van der Waals surface area (Å²) in [6, 6.07) is 13.2. The average molecular weight is 651 g/mol. The summed E-state index contributed by atoms with van der Waals surface area (Å²) in [6.07, 6.45) is 4.20. The number of carbonyl (C=O) groups is 2. The summed E-state index contributed by atoms with van der Waals surface area (Å²) in [5, 5.41) is 10.3. The minimum atomic E-state index is -0.498. The first-order valence-electron chi connectivity index (χ1n) is 9.50. The van der Waals surface area contributed by atoms with Crippen molar-refractivity contribution >= 4 is 23.8 Å². The molecular formula is C24H29AcN3O4. The van der Waals surface area contributed by atoms with Gasteiger partial charge in [0.15, 0.2) is 0 Å². The molecule has 32 heavy (non-hydrogen) atoms. The van der Waals surface area contributed by atoms with E-state index in [2.05, 4.69) is 11.9 Å². The zero-order chi connectivity index (χ0) is 22.3. The third kappa shape index (κ3) is 9.07. The number of rotatable bonds is 8. The number of carbonyl (C=O) groups excluding carboxylic acids is 2. The van der Waals surface area contributed by atoms with E-state index < -0.39 is 5.97 Å². The first-order chi connectivity index (χ1) is 14.1. The van der Waals surface area contributed by atoms with Crippen LogP contribution >= 0.6 is 0 Å². The first kappa shape index (κ1) is 29.7. The third-order valence-electron chi connectivity index (χ3n) is 4.37.